The highest BCUT2D eigenvalue weighted by Gasteiger charge is 2.23. The Bertz CT molecular complexity index is 849. The van der Waals surface area contributed by atoms with Gasteiger partial charge in [0.2, 0.25) is 0 Å². The van der Waals surface area contributed by atoms with Crippen molar-refractivity contribution in [3.63, 3.8) is 0 Å². The molecule has 8 heteroatoms. The molecule has 2 aromatic rings. The molecule has 144 valence electrons. The van der Waals surface area contributed by atoms with Gasteiger partial charge in [-0.05, 0) is 30.7 Å². The number of ether oxygens (including phenoxy) is 2. The van der Waals surface area contributed by atoms with Crippen LogP contribution in [0.3, 0.4) is 0 Å². The summed E-state index contributed by atoms with van der Waals surface area (Å²) in [6.07, 6.45) is 1.54. The summed E-state index contributed by atoms with van der Waals surface area (Å²) in [6.45, 7) is 0.958. The van der Waals surface area contributed by atoms with Crippen molar-refractivity contribution in [1.29, 1.82) is 0 Å². The fourth-order valence-corrected chi connectivity index (χ4v) is 2.67. The van der Waals surface area contributed by atoms with Crippen LogP contribution in [0.2, 0.25) is 0 Å². The molecule has 0 aliphatic rings. The van der Waals surface area contributed by atoms with Gasteiger partial charge in [0.25, 0.3) is 5.91 Å². The number of aromatic nitrogens is 1. The maximum Gasteiger partial charge on any atom is 0.323 e. The summed E-state index contributed by atoms with van der Waals surface area (Å²) < 4.78 is 11.9. The minimum Gasteiger partial charge on any atom is -0.497 e. The molecule has 0 saturated carbocycles. The second-order valence-electron chi connectivity index (χ2n) is 6.06. The molecule has 0 atom stereocenters. The van der Waals surface area contributed by atoms with Crippen LogP contribution in [0.4, 0.5) is 0 Å². The lowest BCUT2D eigenvalue weighted by atomic mass is 10.1. The van der Waals surface area contributed by atoms with Crippen LogP contribution in [-0.2, 0) is 18.4 Å². The van der Waals surface area contributed by atoms with Crippen LogP contribution < -0.4 is 9.47 Å². The molecule has 0 aliphatic carbocycles. The molecule has 0 aliphatic heterocycles. The molecule has 1 heterocycles. The number of ketones is 1. The first-order chi connectivity index (χ1) is 12.7. The zero-order valence-corrected chi connectivity index (χ0v) is 15.7. The third-order valence-electron chi connectivity index (χ3n) is 4.03. The summed E-state index contributed by atoms with van der Waals surface area (Å²) in [6, 6.07) is 6.56. The van der Waals surface area contributed by atoms with Gasteiger partial charge in [0.05, 0.1) is 14.2 Å². The summed E-state index contributed by atoms with van der Waals surface area (Å²) in [5, 5.41) is 9.22. The Kier molecular flexibility index (Phi) is 6.23. The monoisotopic (exact) mass is 374 g/mol. The number of carboxylic acids is 1. The van der Waals surface area contributed by atoms with Gasteiger partial charge in [-0.1, -0.05) is 0 Å². The van der Waals surface area contributed by atoms with E-state index in [9.17, 15) is 19.5 Å². The van der Waals surface area contributed by atoms with Gasteiger partial charge < -0.3 is 24.0 Å². The molecular formula is C19H22N2O6. The predicted molar refractivity (Wildman–Crippen MR) is 97.3 cm³/mol. The van der Waals surface area contributed by atoms with Crippen LogP contribution in [0.15, 0.2) is 30.5 Å². The summed E-state index contributed by atoms with van der Waals surface area (Å²) >= 11 is 0. The minimum absolute atomic E-state index is 0.0410. The van der Waals surface area contributed by atoms with E-state index in [1.54, 1.807) is 31.4 Å². The van der Waals surface area contributed by atoms with Crippen molar-refractivity contribution >= 4 is 17.7 Å². The molecule has 0 unspecified atom stereocenters. The summed E-state index contributed by atoms with van der Waals surface area (Å²) in [5.74, 6) is -0.741. The van der Waals surface area contributed by atoms with Crippen LogP contribution in [0.1, 0.15) is 33.3 Å². The first-order valence-corrected chi connectivity index (χ1v) is 8.15. The van der Waals surface area contributed by atoms with E-state index in [2.05, 4.69) is 0 Å². The molecule has 0 spiro atoms. The molecule has 0 saturated heterocycles. The second-order valence-corrected chi connectivity index (χ2v) is 6.06. The van der Waals surface area contributed by atoms with Crippen molar-refractivity contribution in [3.8, 4) is 11.5 Å². The van der Waals surface area contributed by atoms with E-state index in [0.717, 1.165) is 0 Å². The largest absolute Gasteiger partial charge is 0.497 e. The smallest absolute Gasteiger partial charge is 0.323 e. The molecule has 8 nitrogen and oxygen atoms in total. The fourth-order valence-electron chi connectivity index (χ4n) is 2.67. The van der Waals surface area contributed by atoms with E-state index in [4.69, 9.17) is 9.47 Å². The van der Waals surface area contributed by atoms with Gasteiger partial charge in [-0.2, -0.15) is 0 Å². The lowest BCUT2D eigenvalue weighted by molar-refractivity contribution is -0.137. The second kappa shape index (κ2) is 8.39. The average Bonchev–Trinajstić information content (AvgIpc) is 3.01. The number of amides is 1. The number of carbonyl (C=O) groups is 3. The van der Waals surface area contributed by atoms with Gasteiger partial charge in [-0.15, -0.1) is 0 Å². The number of hydrogen-bond acceptors (Lipinski definition) is 5. The molecule has 1 amide bonds. The Balaban J connectivity index is 2.37. The summed E-state index contributed by atoms with van der Waals surface area (Å²) in [7, 11) is 4.64. The zero-order chi connectivity index (χ0) is 20.1. The van der Waals surface area contributed by atoms with Gasteiger partial charge in [-0.25, -0.2) is 0 Å². The predicted octanol–water partition coefficient (Wildman–Crippen LogP) is 1.97. The van der Waals surface area contributed by atoms with Crippen molar-refractivity contribution in [1.82, 2.24) is 9.47 Å². The minimum atomic E-state index is -1.14. The van der Waals surface area contributed by atoms with Crippen molar-refractivity contribution < 1.29 is 29.0 Å². The maximum absolute atomic E-state index is 12.9. The summed E-state index contributed by atoms with van der Waals surface area (Å²) in [4.78, 5) is 36.9. The fraction of sp³-hybridized carbons (Fsp3) is 0.316. The van der Waals surface area contributed by atoms with E-state index in [-0.39, 0.29) is 18.0 Å². The van der Waals surface area contributed by atoms with E-state index in [1.807, 2.05) is 0 Å². The van der Waals surface area contributed by atoms with E-state index in [1.165, 1.54) is 36.7 Å². The maximum atomic E-state index is 12.9. The normalized spacial score (nSPS) is 10.4. The quantitative estimate of drug-likeness (QED) is 0.710. The number of Topliss-reactive ketones (excluding diaryl/α,β-unsaturated/α-hetero) is 1. The van der Waals surface area contributed by atoms with Crippen LogP contribution in [0, 0.1) is 0 Å². The van der Waals surface area contributed by atoms with Gasteiger partial charge in [0.15, 0.2) is 5.78 Å². The third kappa shape index (κ3) is 4.87. The SMILES string of the molecule is COc1cc(CN(CC(=O)O)C(=O)c2cc(C(C)=O)cn2C)cc(OC)c1. The Morgan fingerprint density at radius 3 is 2.11 bits per heavy atom. The third-order valence-corrected chi connectivity index (χ3v) is 4.03. The Labute approximate surface area is 156 Å². The van der Waals surface area contributed by atoms with Crippen LogP contribution >= 0.6 is 0 Å². The molecule has 1 N–H and O–H groups in total. The average molecular weight is 374 g/mol. The molecule has 1 aromatic carbocycles. The molecule has 27 heavy (non-hydrogen) atoms. The van der Waals surface area contributed by atoms with Crippen LogP contribution in [0.5, 0.6) is 11.5 Å². The highest BCUT2D eigenvalue weighted by molar-refractivity contribution is 6.00. The van der Waals surface area contributed by atoms with Gasteiger partial charge in [0, 0.05) is 31.4 Å². The number of carbonyl (C=O) groups excluding carboxylic acids is 2. The number of benzene rings is 1. The van der Waals surface area contributed by atoms with Gasteiger partial charge >= 0.3 is 5.97 Å². The van der Waals surface area contributed by atoms with Crippen LogP contribution in [0.25, 0.3) is 0 Å². The standard InChI is InChI=1S/C19H22N2O6/c1-12(22)14-7-17(20(2)10-14)19(25)21(11-18(23)24)9-13-5-15(26-3)8-16(6-13)27-4/h5-8,10H,9,11H2,1-4H3,(H,23,24). The number of carboxylic acid groups (broad SMARTS) is 1. The number of aliphatic carboxylic acids is 1. The van der Waals surface area contributed by atoms with Crippen molar-refractivity contribution in [2.24, 2.45) is 7.05 Å². The summed E-state index contributed by atoms with van der Waals surface area (Å²) in [5.41, 5.74) is 1.28. The molecular weight excluding hydrogens is 352 g/mol. The molecule has 2 rings (SSSR count). The zero-order valence-electron chi connectivity index (χ0n) is 15.7. The number of nitrogens with zero attached hydrogens (tertiary/aromatic N) is 2. The number of hydrogen-bond donors (Lipinski definition) is 1. The van der Waals surface area contributed by atoms with E-state index >= 15 is 0 Å². The Hall–Kier alpha value is -3.29. The van der Waals surface area contributed by atoms with E-state index < -0.39 is 18.4 Å². The van der Waals surface area contributed by atoms with Crippen molar-refractivity contribution in [2.75, 3.05) is 20.8 Å². The lowest BCUT2D eigenvalue weighted by Crippen LogP contribution is -2.36. The molecule has 0 radical (unpaired) electrons. The van der Waals surface area contributed by atoms with Crippen LogP contribution in [-0.4, -0.2) is 53.0 Å². The molecule has 1 aromatic heterocycles. The topological polar surface area (TPSA) is 98.1 Å². The number of rotatable bonds is 8. The Morgan fingerprint density at radius 1 is 1.07 bits per heavy atom. The van der Waals surface area contributed by atoms with Gasteiger partial charge in [0.1, 0.15) is 23.7 Å². The molecule has 0 bridgehead atoms. The van der Waals surface area contributed by atoms with Crippen molar-refractivity contribution in [3.05, 3.63) is 47.3 Å². The highest BCUT2D eigenvalue weighted by Crippen LogP contribution is 2.24. The van der Waals surface area contributed by atoms with E-state index in [0.29, 0.717) is 22.6 Å². The Morgan fingerprint density at radius 2 is 1.67 bits per heavy atom. The highest BCUT2D eigenvalue weighted by atomic mass is 16.5. The number of methoxy groups -OCH3 is 2. The van der Waals surface area contributed by atoms with Crippen molar-refractivity contribution in [2.45, 2.75) is 13.5 Å². The lowest BCUT2D eigenvalue weighted by Gasteiger charge is -2.21. The first-order valence-electron chi connectivity index (χ1n) is 8.15. The molecule has 0 fully saturated rings. The first kappa shape index (κ1) is 20.0. The number of aryl methyl sites for hydroxylation is 1. The van der Waals surface area contributed by atoms with Gasteiger partial charge in [-0.3, -0.25) is 14.4 Å².